The molecule has 0 spiro atoms. The van der Waals surface area contributed by atoms with Crippen molar-refractivity contribution in [2.75, 3.05) is 13.2 Å². The van der Waals surface area contributed by atoms with Crippen molar-refractivity contribution in [1.82, 2.24) is 5.32 Å². The predicted octanol–water partition coefficient (Wildman–Crippen LogP) is 4.41. The molecular weight excluding hydrogens is 246 g/mol. The van der Waals surface area contributed by atoms with Crippen molar-refractivity contribution >= 4 is 0 Å². The van der Waals surface area contributed by atoms with E-state index >= 15 is 0 Å². The maximum atomic E-state index is 6.10. The van der Waals surface area contributed by atoms with Crippen molar-refractivity contribution in [2.45, 2.75) is 60.6 Å². The van der Waals surface area contributed by atoms with Crippen LogP contribution in [0.25, 0.3) is 0 Å². The second-order valence-electron chi connectivity index (χ2n) is 6.64. The maximum Gasteiger partial charge on any atom is 0.0817 e. The van der Waals surface area contributed by atoms with Gasteiger partial charge in [0.25, 0.3) is 0 Å². The second kappa shape index (κ2) is 7.24. The van der Waals surface area contributed by atoms with Crippen molar-refractivity contribution in [3.63, 3.8) is 0 Å². The van der Waals surface area contributed by atoms with Gasteiger partial charge in [0.1, 0.15) is 0 Å². The molecule has 1 rings (SSSR count). The summed E-state index contributed by atoms with van der Waals surface area (Å²) in [4.78, 5) is 0. The van der Waals surface area contributed by atoms with Gasteiger partial charge in [0, 0.05) is 6.61 Å². The van der Waals surface area contributed by atoms with Crippen molar-refractivity contribution in [2.24, 2.45) is 5.41 Å². The Kier molecular flexibility index (Phi) is 6.22. The maximum absolute atomic E-state index is 6.10. The van der Waals surface area contributed by atoms with E-state index in [4.69, 9.17) is 4.74 Å². The van der Waals surface area contributed by atoms with Crippen LogP contribution in [0.4, 0.5) is 0 Å². The van der Waals surface area contributed by atoms with Crippen LogP contribution in [0.1, 0.15) is 57.4 Å². The molecule has 0 aliphatic carbocycles. The van der Waals surface area contributed by atoms with Crippen LogP contribution in [0.3, 0.4) is 0 Å². The standard InChI is InChI=1S/C18H31NO/c1-8-19-16(17(20-9-2)18(5,6)7)15-11-10-13(3)12-14(15)4/h10-12,16-17,19H,8-9H2,1-7H3. The molecule has 2 unspecified atom stereocenters. The molecule has 0 saturated carbocycles. The van der Waals surface area contributed by atoms with E-state index in [1.54, 1.807) is 0 Å². The minimum atomic E-state index is 0.0974. The number of aryl methyl sites for hydroxylation is 2. The molecule has 0 amide bonds. The number of rotatable bonds is 6. The Morgan fingerprint density at radius 1 is 1.15 bits per heavy atom. The van der Waals surface area contributed by atoms with Crippen LogP contribution in [-0.4, -0.2) is 19.3 Å². The molecule has 1 aromatic carbocycles. The van der Waals surface area contributed by atoms with Crippen LogP contribution in [-0.2, 0) is 4.74 Å². The zero-order valence-corrected chi connectivity index (χ0v) is 14.2. The Morgan fingerprint density at radius 3 is 2.25 bits per heavy atom. The van der Waals surface area contributed by atoms with Crippen LogP contribution in [0.2, 0.25) is 0 Å². The van der Waals surface area contributed by atoms with Gasteiger partial charge >= 0.3 is 0 Å². The van der Waals surface area contributed by atoms with Gasteiger partial charge < -0.3 is 10.1 Å². The molecule has 1 N–H and O–H groups in total. The number of hydrogen-bond acceptors (Lipinski definition) is 2. The summed E-state index contributed by atoms with van der Waals surface area (Å²) in [6.45, 7) is 17.0. The molecule has 2 heteroatoms. The first kappa shape index (κ1) is 17.2. The van der Waals surface area contributed by atoms with Gasteiger partial charge in [0.05, 0.1) is 12.1 Å². The third kappa shape index (κ3) is 4.32. The zero-order valence-electron chi connectivity index (χ0n) is 14.2. The highest BCUT2D eigenvalue weighted by Crippen LogP contribution is 2.34. The molecule has 0 aliphatic heterocycles. The molecule has 0 saturated heterocycles. The number of hydrogen-bond donors (Lipinski definition) is 1. The molecule has 0 fully saturated rings. The van der Waals surface area contributed by atoms with Crippen molar-refractivity contribution in [1.29, 1.82) is 0 Å². The fraction of sp³-hybridized carbons (Fsp3) is 0.667. The summed E-state index contributed by atoms with van der Waals surface area (Å²) in [5, 5.41) is 3.63. The highest BCUT2D eigenvalue weighted by molar-refractivity contribution is 5.33. The number of likely N-dealkylation sites (N-methyl/N-ethyl adjacent to an activating group) is 1. The molecule has 0 aromatic heterocycles. The molecule has 2 nitrogen and oxygen atoms in total. The molecule has 20 heavy (non-hydrogen) atoms. The van der Waals surface area contributed by atoms with Crippen molar-refractivity contribution in [3.8, 4) is 0 Å². The molecule has 1 aromatic rings. The van der Waals surface area contributed by atoms with E-state index in [-0.39, 0.29) is 17.6 Å². The minimum Gasteiger partial charge on any atom is -0.376 e. The molecule has 114 valence electrons. The average molecular weight is 277 g/mol. The summed E-state index contributed by atoms with van der Waals surface area (Å²) >= 11 is 0. The summed E-state index contributed by atoms with van der Waals surface area (Å²) in [5.74, 6) is 0. The smallest absolute Gasteiger partial charge is 0.0817 e. The summed E-state index contributed by atoms with van der Waals surface area (Å²) in [7, 11) is 0. The Morgan fingerprint density at radius 2 is 1.80 bits per heavy atom. The Labute approximate surface area is 124 Å². The van der Waals surface area contributed by atoms with Gasteiger partial charge in [-0.25, -0.2) is 0 Å². The van der Waals surface area contributed by atoms with Crippen LogP contribution < -0.4 is 5.32 Å². The molecule has 0 radical (unpaired) electrons. The van der Waals surface area contributed by atoms with E-state index in [2.05, 4.69) is 72.0 Å². The first-order chi connectivity index (χ1) is 9.31. The van der Waals surface area contributed by atoms with Gasteiger partial charge in [0.2, 0.25) is 0 Å². The zero-order chi connectivity index (χ0) is 15.3. The van der Waals surface area contributed by atoms with Gasteiger partial charge in [-0.1, -0.05) is 51.5 Å². The summed E-state index contributed by atoms with van der Waals surface area (Å²) in [6.07, 6.45) is 0.161. The minimum absolute atomic E-state index is 0.0974. The lowest BCUT2D eigenvalue weighted by molar-refractivity contribution is -0.0364. The lowest BCUT2D eigenvalue weighted by Crippen LogP contribution is -2.42. The van der Waals surface area contributed by atoms with Gasteiger partial charge in [-0.2, -0.15) is 0 Å². The van der Waals surface area contributed by atoms with Crippen molar-refractivity contribution in [3.05, 3.63) is 34.9 Å². The van der Waals surface area contributed by atoms with Gasteiger partial charge in [-0.15, -0.1) is 0 Å². The topological polar surface area (TPSA) is 21.3 Å². The first-order valence-corrected chi connectivity index (χ1v) is 7.73. The normalized spacial score (nSPS) is 15.2. The Bertz CT molecular complexity index is 420. The molecule has 0 bridgehead atoms. The monoisotopic (exact) mass is 277 g/mol. The predicted molar refractivity (Wildman–Crippen MR) is 87.2 cm³/mol. The fourth-order valence-corrected chi connectivity index (χ4v) is 2.80. The average Bonchev–Trinajstić information content (AvgIpc) is 2.33. The van der Waals surface area contributed by atoms with E-state index < -0.39 is 0 Å². The van der Waals surface area contributed by atoms with Crippen LogP contribution in [0.15, 0.2) is 18.2 Å². The molecule has 2 atom stereocenters. The SMILES string of the molecule is CCNC(c1ccc(C)cc1C)C(OCC)C(C)(C)C. The highest BCUT2D eigenvalue weighted by Gasteiger charge is 2.34. The largest absolute Gasteiger partial charge is 0.376 e. The number of nitrogens with one attached hydrogen (secondary N) is 1. The quantitative estimate of drug-likeness (QED) is 0.832. The Hall–Kier alpha value is -0.860. The summed E-state index contributed by atoms with van der Waals surface area (Å²) in [5.41, 5.74) is 4.10. The lowest BCUT2D eigenvalue weighted by Gasteiger charge is -2.38. The third-order valence-electron chi connectivity index (χ3n) is 3.69. The number of ether oxygens (including phenoxy) is 1. The number of benzene rings is 1. The van der Waals surface area contributed by atoms with Crippen LogP contribution in [0, 0.1) is 19.3 Å². The highest BCUT2D eigenvalue weighted by atomic mass is 16.5. The fourth-order valence-electron chi connectivity index (χ4n) is 2.80. The third-order valence-corrected chi connectivity index (χ3v) is 3.69. The van der Waals surface area contributed by atoms with Gasteiger partial charge in [-0.3, -0.25) is 0 Å². The first-order valence-electron chi connectivity index (χ1n) is 7.73. The van der Waals surface area contributed by atoms with Crippen LogP contribution >= 0.6 is 0 Å². The molecular formula is C18H31NO. The lowest BCUT2D eigenvalue weighted by atomic mass is 9.80. The van der Waals surface area contributed by atoms with Crippen molar-refractivity contribution < 1.29 is 4.74 Å². The van der Waals surface area contributed by atoms with E-state index in [0.29, 0.717) is 0 Å². The summed E-state index contributed by atoms with van der Waals surface area (Å²) < 4.78 is 6.10. The van der Waals surface area contributed by atoms with Gasteiger partial charge in [0.15, 0.2) is 0 Å². The van der Waals surface area contributed by atoms with E-state index in [9.17, 15) is 0 Å². The van der Waals surface area contributed by atoms with Crippen LogP contribution in [0.5, 0.6) is 0 Å². The van der Waals surface area contributed by atoms with E-state index in [1.165, 1.54) is 16.7 Å². The van der Waals surface area contributed by atoms with E-state index in [1.807, 2.05) is 0 Å². The molecule has 0 heterocycles. The second-order valence-corrected chi connectivity index (χ2v) is 6.64. The Balaban J connectivity index is 3.19. The molecule has 0 aliphatic rings. The van der Waals surface area contributed by atoms with E-state index in [0.717, 1.165) is 13.2 Å². The van der Waals surface area contributed by atoms with Gasteiger partial charge in [-0.05, 0) is 43.9 Å². The summed E-state index contributed by atoms with van der Waals surface area (Å²) in [6, 6.07) is 6.93.